The molecule has 0 bridgehead atoms. The monoisotopic (exact) mass is 409 g/mol. The average molecular weight is 411 g/mol. The highest BCUT2D eigenvalue weighted by Crippen LogP contribution is 2.44. The molecule has 2 rings (SSSR count). The summed E-state index contributed by atoms with van der Waals surface area (Å²) in [5, 5.41) is 10.7. The van der Waals surface area contributed by atoms with Crippen molar-refractivity contribution in [1.29, 1.82) is 0 Å². The number of hydrogen-bond acceptors (Lipinski definition) is 5. The van der Waals surface area contributed by atoms with Crippen LogP contribution in [0.2, 0.25) is 0 Å². The van der Waals surface area contributed by atoms with Crippen molar-refractivity contribution >= 4 is 49.5 Å². The number of likely N-dealkylation sites (tertiary alicyclic amines) is 1. The van der Waals surface area contributed by atoms with E-state index >= 15 is 0 Å². The minimum Gasteiger partial charge on any atom is -0.467 e. The van der Waals surface area contributed by atoms with Crippen LogP contribution in [0.15, 0.2) is 10.6 Å². The lowest BCUT2D eigenvalue weighted by Crippen LogP contribution is -2.56. The van der Waals surface area contributed by atoms with E-state index in [4.69, 9.17) is 0 Å². The molecular formula is C12H13Br2NO5. The standard InChI is InChI=1S/C12H13Br2NO5/c1-5(16)15-7(11(18)20-2)4-12(19)3-6(13)9(17)8(14)10(12)15/h3,7-8,10,19H,4H2,1-2H3/t7-,8?,10?,12?/m0/s1. The van der Waals surface area contributed by atoms with Crippen LogP contribution in [-0.4, -0.2) is 57.3 Å². The summed E-state index contributed by atoms with van der Waals surface area (Å²) in [7, 11) is 1.22. The van der Waals surface area contributed by atoms with Crippen molar-refractivity contribution in [2.75, 3.05) is 7.11 Å². The predicted octanol–water partition coefficient (Wildman–Crippen LogP) is 0.505. The summed E-state index contributed by atoms with van der Waals surface area (Å²) in [6.45, 7) is 1.29. The molecule has 110 valence electrons. The number of nitrogens with zero attached hydrogens (tertiary/aromatic N) is 1. The quantitative estimate of drug-likeness (QED) is 0.502. The second-order valence-corrected chi connectivity index (χ2v) is 6.70. The first-order chi connectivity index (χ1) is 9.23. The number of hydrogen-bond donors (Lipinski definition) is 1. The Bertz CT molecular complexity index is 520. The van der Waals surface area contributed by atoms with E-state index in [1.807, 2.05) is 0 Å². The van der Waals surface area contributed by atoms with Gasteiger partial charge in [0.25, 0.3) is 0 Å². The van der Waals surface area contributed by atoms with Crippen LogP contribution in [0.3, 0.4) is 0 Å². The van der Waals surface area contributed by atoms with E-state index in [1.54, 1.807) is 0 Å². The first-order valence-electron chi connectivity index (χ1n) is 5.88. The Hall–Kier alpha value is -0.730. The maximum absolute atomic E-state index is 12.0. The Balaban J connectivity index is 2.52. The first kappa shape index (κ1) is 15.7. The summed E-state index contributed by atoms with van der Waals surface area (Å²) in [5.41, 5.74) is -1.45. The number of aliphatic hydroxyl groups is 1. The zero-order valence-electron chi connectivity index (χ0n) is 10.8. The van der Waals surface area contributed by atoms with Gasteiger partial charge in [-0.1, -0.05) is 15.9 Å². The maximum atomic E-state index is 12.0. The fourth-order valence-corrected chi connectivity index (χ4v) is 4.73. The molecule has 1 aliphatic heterocycles. The SMILES string of the molecule is COC(=O)[C@@H]1CC2(O)C=C(Br)C(=O)C(Br)C2N1C(C)=O. The fraction of sp³-hybridized carbons (Fsp3) is 0.583. The zero-order chi connectivity index (χ0) is 15.2. The zero-order valence-corrected chi connectivity index (χ0v) is 14.0. The van der Waals surface area contributed by atoms with Crippen LogP contribution >= 0.6 is 31.9 Å². The number of allylic oxidation sites excluding steroid dienone is 1. The Morgan fingerprint density at radius 3 is 2.65 bits per heavy atom. The van der Waals surface area contributed by atoms with Crippen molar-refractivity contribution in [3.63, 3.8) is 0 Å². The molecule has 0 spiro atoms. The molecule has 1 saturated heterocycles. The van der Waals surface area contributed by atoms with Crippen LogP contribution in [0.4, 0.5) is 0 Å². The van der Waals surface area contributed by atoms with Gasteiger partial charge in [-0.3, -0.25) is 9.59 Å². The third kappa shape index (κ3) is 2.23. The topological polar surface area (TPSA) is 83.9 Å². The van der Waals surface area contributed by atoms with E-state index in [-0.39, 0.29) is 16.7 Å². The van der Waals surface area contributed by atoms with E-state index in [9.17, 15) is 19.5 Å². The van der Waals surface area contributed by atoms with Crippen LogP contribution in [0.5, 0.6) is 0 Å². The largest absolute Gasteiger partial charge is 0.467 e. The number of esters is 1. The molecule has 0 aromatic carbocycles. The summed E-state index contributed by atoms with van der Waals surface area (Å²) in [6.07, 6.45) is 1.35. The highest BCUT2D eigenvalue weighted by molar-refractivity contribution is 9.12. The molecule has 1 fully saturated rings. The number of alkyl halides is 1. The molecule has 8 heteroatoms. The van der Waals surface area contributed by atoms with Crippen LogP contribution in [0.1, 0.15) is 13.3 Å². The van der Waals surface area contributed by atoms with Crippen molar-refractivity contribution in [2.45, 2.75) is 35.9 Å². The third-order valence-corrected chi connectivity index (χ3v) is 5.18. The number of Topliss-reactive ketones (excluding diaryl/α,β-unsaturated/α-hetero) is 1. The molecule has 1 aliphatic carbocycles. The fourth-order valence-electron chi connectivity index (χ4n) is 2.82. The second kappa shape index (κ2) is 5.23. The van der Waals surface area contributed by atoms with Crippen molar-refractivity contribution in [3.05, 3.63) is 10.6 Å². The van der Waals surface area contributed by atoms with Crippen LogP contribution in [0, 0.1) is 0 Å². The normalized spacial score (nSPS) is 36.5. The summed E-state index contributed by atoms with van der Waals surface area (Å²) < 4.78 is 4.91. The van der Waals surface area contributed by atoms with Crippen molar-refractivity contribution in [2.24, 2.45) is 0 Å². The van der Waals surface area contributed by atoms with Gasteiger partial charge < -0.3 is 14.7 Å². The average Bonchev–Trinajstić information content (AvgIpc) is 2.68. The van der Waals surface area contributed by atoms with Crippen LogP contribution in [0.25, 0.3) is 0 Å². The van der Waals surface area contributed by atoms with E-state index < -0.39 is 34.4 Å². The summed E-state index contributed by atoms with van der Waals surface area (Å²) in [4.78, 5) is 36.1. The molecule has 3 unspecified atom stereocenters. The molecule has 4 atom stereocenters. The number of ether oxygens (including phenoxy) is 1. The van der Waals surface area contributed by atoms with Gasteiger partial charge in [0.15, 0.2) is 5.78 Å². The van der Waals surface area contributed by atoms with Crippen LogP contribution in [-0.2, 0) is 19.1 Å². The first-order valence-corrected chi connectivity index (χ1v) is 7.59. The van der Waals surface area contributed by atoms with Gasteiger partial charge in [-0.25, -0.2) is 4.79 Å². The summed E-state index contributed by atoms with van der Waals surface area (Å²) in [5.74, 6) is -1.29. The second-order valence-electron chi connectivity index (χ2n) is 4.86. The minimum absolute atomic E-state index is 0.00556. The molecular weight excluding hydrogens is 398 g/mol. The van der Waals surface area contributed by atoms with Gasteiger partial charge in [-0.15, -0.1) is 0 Å². The van der Waals surface area contributed by atoms with E-state index in [0.29, 0.717) is 0 Å². The number of carbonyl (C=O) groups is 3. The number of halogens is 2. The summed E-state index contributed by atoms with van der Waals surface area (Å²) >= 11 is 6.32. The number of rotatable bonds is 1. The highest BCUT2D eigenvalue weighted by atomic mass is 79.9. The molecule has 0 aromatic rings. The van der Waals surface area contributed by atoms with Crippen molar-refractivity contribution in [3.8, 4) is 0 Å². The number of fused-ring (bicyclic) bond motifs is 1. The highest BCUT2D eigenvalue weighted by Gasteiger charge is 2.60. The van der Waals surface area contributed by atoms with Gasteiger partial charge in [-0.2, -0.15) is 0 Å². The van der Waals surface area contributed by atoms with E-state index in [2.05, 4.69) is 36.6 Å². The number of methoxy groups -OCH3 is 1. The molecule has 0 aromatic heterocycles. The molecule has 0 saturated carbocycles. The molecule has 1 heterocycles. The lowest BCUT2D eigenvalue weighted by atomic mass is 9.85. The van der Waals surface area contributed by atoms with E-state index in [0.717, 1.165) is 0 Å². The molecule has 2 aliphatic rings. The Labute approximate surface area is 132 Å². The van der Waals surface area contributed by atoms with Crippen molar-refractivity contribution < 1.29 is 24.2 Å². The van der Waals surface area contributed by atoms with Crippen LogP contribution < -0.4 is 0 Å². The molecule has 6 nitrogen and oxygen atoms in total. The van der Waals surface area contributed by atoms with Gasteiger partial charge in [0.2, 0.25) is 5.91 Å². The predicted molar refractivity (Wildman–Crippen MR) is 76.4 cm³/mol. The van der Waals surface area contributed by atoms with Gasteiger partial charge in [-0.05, 0) is 22.0 Å². The smallest absolute Gasteiger partial charge is 0.328 e. The van der Waals surface area contributed by atoms with Crippen molar-refractivity contribution in [1.82, 2.24) is 4.90 Å². The number of carbonyl (C=O) groups excluding carboxylic acids is 3. The molecule has 1 N–H and O–H groups in total. The van der Waals surface area contributed by atoms with E-state index in [1.165, 1.54) is 25.0 Å². The van der Waals surface area contributed by atoms with Gasteiger partial charge >= 0.3 is 5.97 Å². The Morgan fingerprint density at radius 1 is 1.55 bits per heavy atom. The van der Waals surface area contributed by atoms with Gasteiger partial charge in [0.1, 0.15) is 16.5 Å². The number of ketones is 1. The molecule has 0 radical (unpaired) electrons. The number of amides is 1. The van der Waals surface area contributed by atoms with Gasteiger partial charge in [0.05, 0.1) is 17.6 Å². The molecule has 1 amide bonds. The minimum atomic E-state index is -1.45. The Morgan fingerprint density at radius 2 is 2.15 bits per heavy atom. The Kier molecular flexibility index (Phi) is 4.10. The molecule has 20 heavy (non-hydrogen) atoms. The third-order valence-electron chi connectivity index (χ3n) is 3.64. The van der Waals surface area contributed by atoms with Gasteiger partial charge in [0, 0.05) is 13.3 Å². The maximum Gasteiger partial charge on any atom is 0.328 e. The lowest BCUT2D eigenvalue weighted by molar-refractivity contribution is -0.151. The summed E-state index contributed by atoms with van der Waals surface area (Å²) in [6, 6.07) is -1.74. The lowest BCUT2D eigenvalue weighted by Gasteiger charge is -2.38.